The average Bonchev–Trinajstić information content (AvgIpc) is 2.91. The number of amidine groups is 1. The van der Waals surface area contributed by atoms with E-state index in [4.69, 9.17) is 10.5 Å². The zero-order chi connectivity index (χ0) is 17.8. The van der Waals surface area contributed by atoms with E-state index in [-0.39, 0.29) is 23.9 Å². The van der Waals surface area contributed by atoms with Crippen molar-refractivity contribution in [1.82, 2.24) is 4.98 Å². The molecule has 1 amide bonds. The molecule has 0 radical (unpaired) electrons. The molecule has 7 heteroatoms. The number of amides is 1. The monoisotopic (exact) mass is 342 g/mol. The molecule has 1 aliphatic rings. The number of hydrogen-bond acceptors (Lipinski definition) is 5. The summed E-state index contributed by atoms with van der Waals surface area (Å²) in [6, 6.07) is 11.9. The number of carbonyl (C=O) groups excluding carboxylic acids is 1. The van der Waals surface area contributed by atoms with Gasteiger partial charge in [-0.2, -0.15) is 4.39 Å². The predicted molar refractivity (Wildman–Crippen MR) is 92.9 cm³/mol. The average molecular weight is 342 g/mol. The number of nitrogens with one attached hydrogen (secondary N) is 1. The highest BCUT2D eigenvalue weighted by Gasteiger charge is 2.25. The first kappa shape index (κ1) is 16.9. The van der Waals surface area contributed by atoms with E-state index in [1.807, 2.05) is 19.1 Å². The fraction of sp³-hybridized carbons (Fsp3) is 0.278. The lowest BCUT2D eigenvalue weighted by molar-refractivity contribution is 0.102. The van der Waals surface area contributed by atoms with Gasteiger partial charge >= 0.3 is 0 Å². The molecule has 3 N–H and O–H groups in total. The molecule has 1 aliphatic heterocycles. The Morgan fingerprint density at radius 2 is 2.04 bits per heavy atom. The Balaban J connectivity index is 1.56. The summed E-state index contributed by atoms with van der Waals surface area (Å²) in [5.74, 6) is -1.13. The van der Waals surface area contributed by atoms with Gasteiger partial charge in [0.25, 0.3) is 11.9 Å². The Morgan fingerprint density at radius 3 is 2.68 bits per heavy atom. The smallest absolute Gasteiger partial charge is 0.282 e. The Kier molecular flexibility index (Phi) is 4.92. The third-order valence-corrected chi connectivity index (χ3v) is 4.03. The van der Waals surface area contributed by atoms with Crippen LogP contribution in [0.3, 0.4) is 0 Å². The van der Waals surface area contributed by atoms with Crippen LogP contribution in [0.25, 0.3) is 0 Å². The molecule has 1 aromatic carbocycles. The number of hydrogen-bond donors (Lipinski definition) is 2. The van der Waals surface area contributed by atoms with Crippen molar-refractivity contribution in [2.45, 2.75) is 31.9 Å². The van der Waals surface area contributed by atoms with Crippen LogP contribution >= 0.6 is 0 Å². The van der Waals surface area contributed by atoms with Crippen molar-refractivity contribution >= 4 is 17.6 Å². The molecule has 3 rings (SSSR count). The molecule has 2 atom stereocenters. The Labute approximate surface area is 144 Å². The van der Waals surface area contributed by atoms with Gasteiger partial charge in [-0.3, -0.25) is 4.79 Å². The topological polar surface area (TPSA) is 89.6 Å². The van der Waals surface area contributed by atoms with Crippen LogP contribution in [-0.2, 0) is 11.2 Å². The minimum atomic E-state index is -0.684. The third-order valence-electron chi connectivity index (χ3n) is 4.03. The number of ether oxygens (including phenoxy) is 1. The lowest BCUT2D eigenvalue weighted by Crippen LogP contribution is -2.20. The fourth-order valence-electron chi connectivity index (χ4n) is 2.67. The molecule has 6 nitrogen and oxygen atoms in total. The van der Waals surface area contributed by atoms with Crippen LogP contribution in [0, 0.1) is 5.95 Å². The highest BCUT2D eigenvalue weighted by atomic mass is 19.1. The number of carbonyl (C=O) groups is 1. The van der Waals surface area contributed by atoms with Gasteiger partial charge in [0.15, 0.2) is 0 Å². The molecule has 0 saturated heterocycles. The van der Waals surface area contributed by atoms with Gasteiger partial charge in [0.05, 0.1) is 6.04 Å². The summed E-state index contributed by atoms with van der Waals surface area (Å²) < 4.78 is 18.4. The van der Waals surface area contributed by atoms with E-state index in [0.29, 0.717) is 5.69 Å². The molecule has 130 valence electrons. The van der Waals surface area contributed by atoms with Crippen LogP contribution in [0.1, 0.15) is 29.4 Å². The number of nitrogens with two attached hydrogens (primary N) is 1. The SMILES string of the molecule is CC1OC(N)=NC1CCc1ccc(NC(=O)c2cccc(F)n2)cc1. The van der Waals surface area contributed by atoms with Gasteiger partial charge in [-0.1, -0.05) is 18.2 Å². The summed E-state index contributed by atoms with van der Waals surface area (Å²) in [6.45, 7) is 1.95. The van der Waals surface area contributed by atoms with Crippen LogP contribution < -0.4 is 11.1 Å². The van der Waals surface area contributed by atoms with Gasteiger partial charge in [-0.05, 0) is 49.6 Å². The maximum Gasteiger partial charge on any atom is 0.282 e. The number of halogens is 1. The van der Waals surface area contributed by atoms with Crippen molar-refractivity contribution < 1.29 is 13.9 Å². The molecular weight excluding hydrogens is 323 g/mol. The van der Waals surface area contributed by atoms with Gasteiger partial charge in [0.2, 0.25) is 5.95 Å². The number of rotatable bonds is 5. The predicted octanol–water partition coefficient (Wildman–Crippen LogP) is 2.51. The van der Waals surface area contributed by atoms with Gasteiger partial charge in [0.1, 0.15) is 11.8 Å². The summed E-state index contributed by atoms with van der Waals surface area (Å²) in [6.07, 6.45) is 1.66. The maximum absolute atomic E-state index is 13.1. The minimum absolute atomic E-state index is 0.00247. The molecule has 0 bridgehead atoms. The number of aromatic nitrogens is 1. The van der Waals surface area contributed by atoms with Crippen LogP contribution in [-0.4, -0.2) is 29.1 Å². The van der Waals surface area contributed by atoms with Crippen molar-refractivity contribution in [2.24, 2.45) is 10.7 Å². The second-order valence-corrected chi connectivity index (χ2v) is 5.89. The molecular formula is C18H19FN4O2. The van der Waals surface area contributed by atoms with E-state index in [1.165, 1.54) is 18.2 Å². The van der Waals surface area contributed by atoms with Gasteiger partial charge in [-0.25, -0.2) is 9.98 Å². The number of anilines is 1. The standard InChI is InChI=1S/C18H19FN4O2/c1-11-14(23-18(20)25-11)10-7-12-5-8-13(9-6-12)21-17(24)15-3-2-4-16(19)22-15/h2-6,8-9,11,14H,7,10H2,1H3,(H2,20,23)(H,21,24). The van der Waals surface area contributed by atoms with Crippen LogP contribution in [0.2, 0.25) is 0 Å². The van der Waals surface area contributed by atoms with Crippen molar-refractivity contribution in [3.63, 3.8) is 0 Å². The Bertz CT molecular complexity index is 792. The Hall–Kier alpha value is -2.96. The summed E-state index contributed by atoms with van der Waals surface area (Å²) in [7, 11) is 0. The van der Waals surface area contributed by atoms with Crippen LogP contribution in [0.5, 0.6) is 0 Å². The second kappa shape index (κ2) is 7.29. The molecule has 2 unspecified atom stereocenters. The van der Waals surface area contributed by atoms with Gasteiger partial charge in [-0.15, -0.1) is 0 Å². The van der Waals surface area contributed by atoms with Crippen LogP contribution in [0.4, 0.5) is 10.1 Å². The third kappa shape index (κ3) is 4.32. The molecule has 1 aromatic heterocycles. The summed E-state index contributed by atoms with van der Waals surface area (Å²) in [4.78, 5) is 19.9. The number of benzene rings is 1. The quantitative estimate of drug-likeness (QED) is 0.817. The first-order valence-corrected chi connectivity index (χ1v) is 8.04. The number of aliphatic imine (C=N–C) groups is 1. The zero-order valence-corrected chi connectivity index (χ0v) is 13.8. The van der Waals surface area contributed by atoms with Crippen molar-refractivity contribution in [2.75, 3.05) is 5.32 Å². The van der Waals surface area contributed by atoms with E-state index >= 15 is 0 Å². The van der Waals surface area contributed by atoms with E-state index in [2.05, 4.69) is 15.3 Å². The molecule has 2 aromatic rings. The molecule has 0 saturated carbocycles. The molecule has 0 aliphatic carbocycles. The highest BCUT2D eigenvalue weighted by Crippen LogP contribution is 2.18. The number of pyridine rings is 1. The van der Waals surface area contributed by atoms with Crippen LogP contribution in [0.15, 0.2) is 47.5 Å². The molecule has 25 heavy (non-hydrogen) atoms. The minimum Gasteiger partial charge on any atom is -0.460 e. The van der Waals surface area contributed by atoms with E-state index < -0.39 is 11.9 Å². The highest BCUT2D eigenvalue weighted by molar-refractivity contribution is 6.02. The Morgan fingerprint density at radius 1 is 1.28 bits per heavy atom. The second-order valence-electron chi connectivity index (χ2n) is 5.89. The number of aryl methyl sites for hydroxylation is 1. The van der Waals surface area contributed by atoms with E-state index in [0.717, 1.165) is 18.4 Å². The normalized spacial score (nSPS) is 19.2. The fourth-order valence-corrected chi connectivity index (χ4v) is 2.67. The molecule has 2 heterocycles. The lowest BCUT2D eigenvalue weighted by Gasteiger charge is -2.12. The van der Waals surface area contributed by atoms with Crippen molar-refractivity contribution in [3.8, 4) is 0 Å². The van der Waals surface area contributed by atoms with Crippen molar-refractivity contribution in [3.05, 3.63) is 59.7 Å². The first-order valence-electron chi connectivity index (χ1n) is 8.04. The molecule has 0 spiro atoms. The summed E-state index contributed by atoms with van der Waals surface area (Å²) in [5, 5.41) is 2.70. The summed E-state index contributed by atoms with van der Waals surface area (Å²) in [5.41, 5.74) is 7.35. The van der Waals surface area contributed by atoms with E-state index in [1.54, 1.807) is 12.1 Å². The maximum atomic E-state index is 13.1. The van der Waals surface area contributed by atoms with Gasteiger partial charge < -0.3 is 15.8 Å². The van der Waals surface area contributed by atoms with Gasteiger partial charge in [0, 0.05) is 5.69 Å². The largest absolute Gasteiger partial charge is 0.460 e. The molecule has 0 fully saturated rings. The summed E-state index contributed by atoms with van der Waals surface area (Å²) >= 11 is 0. The van der Waals surface area contributed by atoms with Crippen molar-refractivity contribution in [1.29, 1.82) is 0 Å². The number of nitrogens with zero attached hydrogens (tertiary/aromatic N) is 2. The zero-order valence-electron chi connectivity index (χ0n) is 13.8. The lowest BCUT2D eigenvalue weighted by atomic mass is 10.0. The van der Waals surface area contributed by atoms with E-state index in [9.17, 15) is 9.18 Å². The first-order chi connectivity index (χ1) is 12.0.